The molecule has 0 spiro atoms. The maximum absolute atomic E-state index is 12.5. The predicted octanol–water partition coefficient (Wildman–Crippen LogP) is 3.03. The van der Waals surface area contributed by atoms with Crippen molar-refractivity contribution < 1.29 is 23.5 Å². The number of carbonyl (C=O) groups excluding carboxylic acids is 3. The second kappa shape index (κ2) is 9.27. The molecule has 2 saturated heterocycles. The van der Waals surface area contributed by atoms with Gasteiger partial charge in [0.1, 0.15) is 6.26 Å². The molecule has 0 atom stereocenters. The van der Waals surface area contributed by atoms with Crippen LogP contribution in [0.25, 0.3) is 6.08 Å². The molecule has 2 aliphatic heterocycles. The molecule has 3 heterocycles. The molecule has 0 radical (unpaired) electrons. The van der Waals surface area contributed by atoms with Crippen molar-refractivity contribution in [3.05, 3.63) is 58.6 Å². The first-order chi connectivity index (χ1) is 14.6. The van der Waals surface area contributed by atoms with Gasteiger partial charge in [-0.25, -0.2) is 4.98 Å². The molecule has 2 aliphatic rings. The molecule has 2 fully saturated rings. The number of imide groups is 1. The van der Waals surface area contributed by atoms with Gasteiger partial charge < -0.3 is 14.5 Å². The predicted molar refractivity (Wildman–Crippen MR) is 111 cm³/mol. The lowest BCUT2D eigenvalue weighted by Gasteiger charge is -2.18. The number of aromatic nitrogens is 1. The zero-order valence-electron chi connectivity index (χ0n) is 16.2. The molecule has 1 aromatic carbocycles. The van der Waals surface area contributed by atoms with Crippen LogP contribution < -0.4 is 5.32 Å². The Balaban J connectivity index is 1.30. The SMILES string of the molecule is O=C(NCCN1C(=O)SC(=Cc2ccccc2)C1=O)c1coc(C2CCOCC2)n1. The Bertz CT molecular complexity index is 966. The molecule has 1 N–H and O–H groups in total. The standard InChI is InChI=1S/C21H21N3O5S/c25-18(16-13-29-19(23-16)15-6-10-28-11-7-15)22-8-9-24-20(26)17(30-21(24)27)12-14-4-2-1-3-5-14/h1-5,12-13,15H,6-11H2,(H,22,25). The zero-order valence-corrected chi connectivity index (χ0v) is 17.0. The van der Waals surface area contributed by atoms with Gasteiger partial charge in [-0.05, 0) is 36.2 Å². The number of carbonyl (C=O) groups is 3. The summed E-state index contributed by atoms with van der Waals surface area (Å²) < 4.78 is 10.8. The van der Waals surface area contributed by atoms with E-state index in [1.165, 1.54) is 6.26 Å². The molecule has 2 aromatic rings. The summed E-state index contributed by atoms with van der Waals surface area (Å²) in [6.45, 7) is 1.54. The molecule has 4 rings (SSSR count). The lowest BCUT2D eigenvalue weighted by atomic mass is 10.0. The van der Waals surface area contributed by atoms with Crippen molar-refractivity contribution in [1.29, 1.82) is 0 Å². The lowest BCUT2D eigenvalue weighted by molar-refractivity contribution is -0.122. The van der Waals surface area contributed by atoms with E-state index in [0.717, 1.165) is 35.1 Å². The molecule has 1 aromatic heterocycles. The number of rotatable bonds is 6. The fourth-order valence-electron chi connectivity index (χ4n) is 3.29. The van der Waals surface area contributed by atoms with Gasteiger partial charge in [-0.2, -0.15) is 0 Å². The summed E-state index contributed by atoms with van der Waals surface area (Å²) in [6.07, 6.45) is 4.66. The van der Waals surface area contributed by atoms with E-state index in [2.05, 4.69) is 10.3 Å². The van der Waals surface area contributed by atoms with Gasteiger partial charge in [0.05, 0.1) is 4.91 Å². The van der Waals surface area contributed by atoms with Crippen LogP contribution in [0.2, 0.25) is 0 Å². The summed E-state index contributed by atoms with van der Waals surface area (Å²) in [7, 11) is 0. The summed E-state index contributed by atoms with van der Waals surface area (Å²) in [5, 5.41) is 2.34. The fraction of sp³-hybridized carbons (Fsp3) is 0.333. The molecule has 156 valence electrons. The molecule has 0 saturated carbocycles. The van der Waals surface area contributed by atoms with Crippen LogP contribution in [0.3, 0.4) is 0 Å². The van der Waals surface area contributed by atoms with Gasteiger partial charge in [0, 0.05) is 32.2 Å². The van der Waals surface area contributed by atoms with Crippen molar-refractivity contribution in [1.82, 2.24) is 15.2 Å². The number of hydrogen-bond donors (Lipinski definition) is 1. The maximum Gasteiger partial charge on any atom is 0.293 e. The molecule has 0 aliphatic carbocycles. The van der Waals surface area contributed by atoms with Crippen LogP contribution >= 0.6 is 11.8 Å². The van der Waals surface area contributed by atoms with Crippen LogP contribution in [0.15, 0.2) is 45.9 Å². The zero-order chi connectivity index (χ0) is 20.9. The maximum atomic E-state index is 12.5. The molecular weight excluding hydrogens is 406 g/mol. The Hall–Kier alpha value is -2.91. The number of thioether (sulfide) groups is 1. The van der Waals surface area contributed by atoms with Crippen LogP contribution in [-0.4, -0.2) is 53.2 Å². The molecule has 8 nitrogen and oxygen atoms in total. The van der Waals surface area contributed by atoms with Crippen molar-refractivity contribution in [3.8, 4) is 0 Å². The molecular formula is C21H21N3O5S. The van der Waals surface area contributed by atoms with Crippen molar-refractivity contribution in [2.24, 2.45) is 0 Å². The third kappa shape index (κ3) is 4.63. The van der Waals surface area contributed by atoms with Gasteiger partial charge in [-0.15, -0.1) is 0 Å². The number of nitrogens with zero attached hydrogens (tertiary/aromatic N) is 2. The van der Waals surface area contributed by atoms with Crippen LogP contribution in [0.5, 0.6) is 0 Å². The van der Waals surface area contributed by atoms with E-state index >= 15 is 0 Å². The third-order valence-corrected chi connectivity index (χ3v) is 5.82. The van der Waals surface area contributed by atoms with E-state index in [-0.39, 0.29) is 35.8 Å². The van der Waals surface area contributed by atoms with Gasteiger partial charge in [0.15, 0.2) is 11.6 Å². The van der Waals surface area contributed by atoms with Crippen LogP contribution in [0.4, 0.5) is 4.79 Å². The fourth-order valence-corrected chi connectivity index (χ4v) is 4.15. The Morgan fingerprint density at radius 2 is 2.00 bits per heavy atom. The highest BCUT2D eigenvalue weighted by Gasteiger charge is 2.34. The van der Waals surface area contributed by atoms with Crippen LogP contribution in [0, 0.1) is 0 Å². The molecule has 30 heavy (non-hydrogen) atoms. The van der Waals surface area contributed by atoms with Crippen molar-refractivity contribution in [3.63, 3.8) is 0 Å². The van der Waals surface area contributed by atoms with Gasteiger partial charge in [0.2, 0.25) is 0 Å². The van der Waals surface area contributed by atoms with E-state index in [9.17, 15) is 14.4 Å². The first-order valence-corrected chi connectivity index (χ1v) is 10.6. The summed E-state index contributed by atoms with van der Waals surface area (Å²) in [5.41, 5.74) is 1.04. The van der Waals surface area contributed by atoms with E-state index < -0.39 is 5.91 Å². The van der Waals surface area contributed by atoms with Gasteiger partial charge in [0.25, 0.3) is 17.1 Å². The molecule has 9 heteroatoms. The topological polar surface area (TPSA) is 102 Å². The van der Waals surface area contributed by atoms with Gasteiger partial charge >= 0.3 is 0 Å². The number of ether oxygens (including phenoxy) is 1. The smallest absolute Gasteiger partial charge is 0.293 e. The van der Waals surface area contributed by atoms with Crippen molar-refractivity contribution in [2.75, 3.05) is 26.3 Å². The second-order valence-corrected chi connectivity index (χ2v) is 7.95. The Morgan fingerprint density at radius 3 is 2.77 bits per heavy atom. The van der Waals surface area contributed by atoms with Crippen LogP contribution in [-0.2, 0) is 9.53 Å². The third-order valence-electron chi connectivity index (χ3n) is 4.92. The second-order valence-electron chi connectivity index (χ2n) is 6.96. The summed E-state index contributed by atoms with van der Waals surface area (Å²) in [5.74, 6) is -0.0531. The van der Waals surface area contributed by atoms with Gasteiger partial charge in [-0.3, -0.25) is 19.3 Å². The van der Waals surface area contributed by atoms with E-state index in [4.69, 9.17) is 9.15 Å². The number of benzene rings is 1. The van der Waals surface area contributed by atoms with E-state index in [1.807, 2.05) is 30.3 Å². The first-order valence-electron chi connectivity index (χ1n) is 9.73. The van der Waals surface area contributed by atoms with Crippen molar-refractivity contribution >= 4 is 34.9 Å². The average Bonchev–Trinajstić information content (AvgIpc) is 3.36. The number of nitrogens with one attached hydrogen (secondary N) is 1. The first kappa shape index (κ1) is 20.4. The van der Waals surface area contributed by atoms with E-state index in [0.29, 0.717) is 24.0 Å². The minimum atomic E-state index is -0.399. The average molecular weight is 427 g/mol. The molecule has 3 amide bonds. The highest BCUT2D eigenvalue weighted by Crippen LogP contribution is 2.31. The number of hydrogen-bond acceptors (Lipinski definition) is 7. The molecule has 0 unspecified atom stereocenters. The Labute approximate surface area is 177 Å². The van der Waals surface area contributed by atoms with Crippen LogP contribution in [0.1, 0.15) is 40.7 Å². The summed E-state index contributed by atoms with van der Waals surface area (Å²) >= 11 is 0.899. The minimum absolute atomic E-state index is 0.0905. The van der Waals surface area contributed by atoms with Crippen molar-refractivity contribution in [2.45, 2.75) is 18.8 Å². The Kier molecular flexibility index (Phi) is 6.29. The largest absolute Gasteiger partial charge is 0.448 e. The quantitative estimate of drug-likeness (QED) is 0.707. The van der Waals surface area contributed by atoms with E-state index in [1.54, 1.807) is 6.08 Å². The monoisotopic (exact) mass is 427 g/mol. The normalized spacial score (nSPS) is 18.9. The summed E-state index contributed by atoms with van der Waals surface area (Å²) in [4.78, 5) is 42.8. The number of oxazole rings is 1. The highest BCUT2D eigenvalue weighted by molar-refractivity contribution is 8.18. The number of amides is 3. The summed E-state index contributed by atoms with van der Waals surface area (Å²) in [6, 6.07) is 9.33. The molecule has 0 bridgehead atoms. The Morgan fingerprint density at radius 1 is 1.23 bits per heavy atom. The highest BCUT2D eigenvalue weighted by atomic mass is 32.2. The van der Waals surface area contributed by atoms with Gasteiger partial charge in [-0.1, -0.05) is 30.3 Å². The minimum Gasteiger partial charge on any atom is -0.448 e. The lowest BCUT2D eigenvalue weighted by Crippen LogP contribution is -2.37.